The van der Waals surface area contributed by atoms with E-state index in [0.29, 0.717) is 6.10 Å². The van der Waals surface area contributed by atoms with Crippen LogP contribution in [0.5, 0.6) is 5.75 Å². The van der Waals surface area contributed by atoms with Crippen LogP contribution in [0.2, 0.25) is 0 Å². The molecule has 1 aliphatic heterocycles. The third kappa shape index (κ3) is 1.74. The number of aromatic nitrogens is 3. The molecule has 3 rings (SSSR count). The van der Waals surface area contributed by atoms with Crippen LogP contribution in [-0.2, 0) is 0 Å². The molecule has 1 saturated heterocycles. The standard InChI is InChI=1S/C11H14N4O/c1-2-9-11(14-15-13-9)10(3-1)16-8-4-6-12-7-5-8/h1-3,8,12H,4-7H2,(H,13,14,15). The number of fused-ring (bicyclic) bond motifs is 1. The summed E-state index contributed by atoms with van der Waals surface area (Å²) in [6.45, 7) is 2.05. The summed E-state index contributed by atoms with van der Waals surface area (Å²) in [4.78, 5) is 0. The zero-order chi connectivity index (χ0) is 10.8. The van der Waals surface area contributed by atoms with E-state index in [1.54, 1.807) is 0 Å². The Hall–Kier alpha value is -1.62. The topological polar surface area (TPSA) is 62.8 Å². The van der Waals surface area contributed by atoms with Gasteiger partial charge >= 0.3 is 0 Å². The molecule has 2 heterocycles. The number of para-hydroxylation sites is 1. The Kier molecular flexibility index (Phi) is 2.46. The second-order valence-corrected chi connectivity index (χ2v) is 4.01. The van der Waals surface area contributed by atoms with Gasteiger partial charge < -0.3 is 10.1 Å². The molecule has 0 radical (unpaired) electrons. The Bertz CT molecular complexity index is 476. The van der Waals surface area contributed by atoms with Crippen molar-refractivity contribution in [1.29, 1.82) is 0 Å². The molecule has 2 aromatic rings. The second kappa shape index (κ2) is 4.09. The first-order valence-corrected chi connectivity index (χ1v) is 5.60. The van der Waals surface area contributed by atoms with Crippen molar-refractivity contribution in [3.8, 4) is 5.75 Å². The molecule has 0 atom stereocenters. The van der Waals surface area contributed by atoms with Gasteiger partial charge in [-0.1, -0.05) is 6.07 Å². The lowest BCUT2D eigenvalue weighted by molar-refractivity contribution is 0.164. The van der Waals surface area contributed by atoms with Crippen LogP contribution in [-0.4, -0.2) is 34.6 Å². The van der Waals surface area contributed by atoms with Crippen LogP contribution in [0.25, 0.3) is 11.0 Å². The molecule has 0 saturated carbocycles. The summed E-state index contributed by atoms with van der Waals surface area (Å²) in [5, 5.41) is 14.1. The monoisotopic (exact) mass is 218 g/mol. The summed E-state index contributed by atoms with van der Waals surface area (Å²) in [7, 11) is 0. The maximum Gasteiger partial charge on any atom is 0.154 e. The molecule has 0 bridgehead atoms. The van der Waals surface area contributed by atoms with Crippen LogP contribution in [0.3, 0.4) is 0 Å². The smallest absolute Gasteiger partial charge is 0.154 e. The van der Waals surface area contributed by atoms with Crippen LogP contribution in [0.1, 0.15) is 12.8 Å². The number of rotatable bonds is 2. The van der Waals surface area contributed by atoms with Gasteiger partial charge in [0.05, 0.1) is 0 Å². The number of nitrogens with one attached hydrogen (secondary N) is 2. The summed E-state index contributed by atoms with van der Waals surface area (Å²) in [6, 6.07) is 5.82. The highest BCUT2D eigenvalue weighted by molar-refractivity contribution is 5.80. The fourth-order valence-corrected chi connectivity index (χ4v) is 2.03. The molecule has 0 aliphatic carbocycles. The zero-order valence-electron chi connectivity index (χ0n) is 8.94. The molecule has 2 N–H and O–H groups in total. The molecule has 1 aromatic carbocycles. The molecule has 16 heavy (non-hydrogen) atoms. The summed E-state index contributed by atoms with van der Waals surface area (Å²) in [5.74, 6) is 0.832. The minimum Gasteiger partial charge on any atom is -0.488 e. The second-order valence-electron chi connectivity index (χ2n) is 4.01. The van der Waals surface area contributed by atoms with Gasteiger partial charge in [-0.05, 0) is 38.1 Å². The Morgan fingerprint density at radius 1 is 1.19 bits per heavy atom. The third-order valence-electron chi connectivity index (χ3n) is 2.89. The molecular formula is C11H14N4O. The summed E-state index contributed by atoms with van der Waals surface area (Å²) in [6.07, 6.45) is 2.39. The molecule has 1 fully saturated rings. The Morgan fingerprint density at radius 3 is 2.94 bits per heavy atom. The van der Waals surface area contributed by atoms with E-state index in [1.165, 1.54) is 0 Å². The Morgan fingerprint density at radius 2 is 2.06 bits per heavy atom. The van der Waals surface area contributed by atoms with Crippen molar-refractivity contribution in [2.24, 2.45) is 0 Å². The average molecular weight is 218 g/mol. The van der Waals surface area contributed by atoms with Crippen LogP contribution in [0, 0.1) is 0 Å². The number of nitrogens with zero attached hydrogens (tertiary/aromatic N) is 2. The number of hydrogen-bond donors (Lipinski definition) is 2. The molecule has 1 aliphatic rings. The molecule has 5 heteroatoms. The molecule has 5 nitrogen and oxygen atoms in total. The molecule has 0 amide bonds. The van der Waals surface area contributed by atoms with Gasteiger partial charge in [-0.3, -0.25) is 0 Å². The maximum absolute atomic E-state index is 5.96. The number of aromatic amines is 1. The molecule has 1 aromatic heterocycles. The van der Waals surface area contributed by atoms with E-state index in [1.807, 2.05) is 18.2 Å². The molecule has 84 valence electrons. The maximum atomic E-state index is 5.96. The van der Waals surface area contributed by atoms with Gasteiger partial charge in [-0.2, -0.15) is 15.4 Å². The minimum absolute atomic E-state index is 0.295. The minimum atomic E-state index is 0.295. The first-order chi connectivity index (χ1) is 7.93. The number of piperidine rings is 1. The van der Waals surface area contributed by atoms with Crippen LogP contribution >= 0.6 is 0 Å². The average Bonchev–Trinajstić information content (AvgIpc) is 2.80. The van der Waals surface area contributed by atoms with Gasteiger partial charge in [0.15, 0.2) is 5.52 Å². The lowest BCUT2D eigenvalue weighted by atomic mass is 10.1. The number of benzene rings is 1. The van der Waals surface area contributed by atoms with Gasteiger partial charge in [-0.25, -0.2) is 0 Å². The van der Waals surface area contributed by atoms with Crippen LogP contribution in [0.15, 0.2) is 18.2 Å². The van der Waals surface area contributed by atoms with Crippen molar-refractivity contribution in [2.75, 3.05) is 13.1 Å². The highest BCUT2D eigenvalue weighted by Crippen LogP contribution is 2.24. The summed E-state index contributed by atoms with van der Waals surface area (Å²) in [5.41, 5.74) is 1.67. The van der Waals surface area contributed by atoms with E-state index in [-0.39, 0.29) is 0 Å². The quantitative estimate of drug-likeness (QED) is 0.792. The predicted octanol–water partition coefficient (Wildman–Crippen LogP) is 1.09. The largest absolute Gasteiger partial charge is 0.488 e. The van der Waals surface area contributed by atoms with Crippen molar-refractivity contribution in [3.63, 3.8) is 0 Å². The van der Waals surface area contributed by atoms with Crippen molar-refractivity contribution in [2.45, 2.75) is 18.9 Å². The SMILES string of the molecule is c1cc(OC2CCNCC2)c2n[nH]nc2c1. The molecule has 0 spiro atoms. The van der Waals surface area contributed by atoms with E-state index in [2.05, 4.69) is 20.7 Å². The first kappa shape index (κ1) is 9.59. The fraction of sp³-hybridized carbons (Fsp3) is 0.455. The van der Waals surface area contributed by atoms with Crippen LogP contribution in [0.4, 0.5) is 0 Å². The molecule has 0 unspecified atom stereocenters. The van der Waals surface area contributed by atoms with E-state index >= 15 is 0 Å². The number of ether oxygens (including phenoxy) is 1. The first-order valence-electron chi connectivity index (χ1n) is 5.60. The Balaban J connectivity index is 1.85. The van der Waals surface area contributed by atoms with Crippen molar-refractivity contribution < 1.29 is 4.74 Å². The lowest BCUT2D eigenvalue weighted by Gasteiger charge is -2.23. The number of hydrogen-bond acceptors (Lipinski definition) is 4. The Labute approximate surface area is 93.2 Å². The van der Waals surface area contributed by atoms with Crippen molar-refractivity contribution >= 4 is 11.0 Å². The summed E-state index contributed by atoms with van der Waals surface area (Å²) < 4.78 is 5.96. The van der Waals surface area contributed by atoms with E-state index in [9.17, 15) is 0 Å². The molecular weight excluding hydrogens is 204 g/mol. The third-order valence-corrected chi connectivity index (χ3v) is 2.89. The predicted molar refractivity (Wildman–Crippen MR) is 60.4 cm³/mol. The van der Waals surface area contributed by atoms with Gasteiger partial charge in [0, 0.05) is 0 Å². The zero-order valence-corrected chi connectivity index (χ0v) is 8.94. The van der Waals surface area contributed by atoms with Gasteiger partial charge in [0.1, 0.15) is 17.4 Å². The van der Waals surface area contributed by atoms with Gasteiger partial charge in [0.2, 0.25) is 0 Å². The van der Waals surface area contributed by atoms with E-state index < -0.39 is 0 Å². The highest BCUT2D eigenvalue weighted by Gasteiger charge is 2.16. The van der Waals surface area contributed by atoms with Crippen molar-refractivity contribution in [1.82, 2.24) is 20.7 Å². The normalized spacial score (nSPS) is 17.8. The van der Waals surface area contributed by atoms with E-state index in [0.717, 1.165) is 42.7 Å². The number of H-pyrrole nitrogens is 1. The van der Waals surface area contributed by atoms with Gasteiger partial charge in [0.25, 0.3) is 0 Å². The van der Waals surface area contributed by atoms with Crippen LogP contribution < -0.4 is 10.1 Å². The van der Waals surface area contributed by atoms with Gasteiger partial charge in [-0.15, -0.1) is 0 Å². The lowest BCUT2D eigenvalue weighted by Crippen LogP contribution is -2.34. The fourth-order valence-electron chi connectivity index (χ4n) is 2.03. The van der Waals surface area contributed by atoms with E-state index in [4.69, 9.17) is 4.74 Å². The highest BCUT2D eigenvalue weighted by atomic mass is 16.5. The summed E-state index contributed by atoms with van der Waals surface area (Å²) >= 11 is 0. The van der Waals surface area contributed by atoms with Crippen molar-refractivity contribution in [3.05, 3.63) is 18.2 Å².